The Morgan fingerprint density at radius 2 is 2.04 bits per heavy atom. The second-order valence-corrected chi connectivity index (χ2v) is 7.21. The minimum absolute atomic E-state index is 0.00543. The molecule has 0 radical (unpaired) electrons. The number of aryl methyl sites for hydroxylation is 2. The monoisotopic (exact) mass is 369 g/mol. The molecule has 2 heterocycles. The zero-order chi connectivity index (χ0) is 18.5. The van der Waals surface area contributed by atoms with Crippen LogP contribution in [0, 0.1) is 13.8 Å². The van der Waals surface area contributed by atoms with Gasteiger partial charge < -0.3 is 10.1 Å². The summed E-state index contributed by atoms with van der Waals surface area (Å²) in [5.74, 6) is -0.00543. The van der Waals surface area contributed by atoms with Crippen LogP contribution in [0.3, 0.4) is 0 Å². The molecule has 5 heteroatoms. The standard InChI is InChI=1S/C21H24N2O2S/c1-15-8-9-17(13-16(15)2)20(24)19(23-10-4-3-5-11-23)21(26)22-14-18-7-6-12-25-18/h3-5,8-11,13,18-19H,6-7,12,14H2,1-2H3/p+1/t18-,19+/m1/s1. The number of nitrogens with one attached hydrogen (secondary N) is 1. The fraction of sp³-hybridized carbons (Fsp3) is 0.381. The summed E-state index contributed by atoms with van der Waals surface area (Å²) in [4.78, 5) is 13.8. The number of hydrogen-bond acceptors (Lipinski definition) is 3. The van der Waals surface area contributed by atoms with Crippen LogP contribution in [0.2, 0.25) is 0 Å². The molecule has 0 aliphatic carbocycles. The van der Waals surface area contributed by atoms with Gasteiger partial charge in [-0.05, 0) is 43.9 Å². The molecule has 0 bridgehead atoms. The average molecular weight is 370 g/mol. The van der Waals surface area contributed by atoms with Crippen LogP contribution < -0.4 is 9.88 Å². The first-order chi connectivity index (χ1) is 12.6. The molecule has 4 nitrogen and oxygen atoms in total. The molecule has 26 heavy (non-hydrogen) atoms. The second-order valence-electron chi connectivity index (χ2n) is 6.77. The number of rotatable bonds is 6. The van der Waals surface area contributed by atoms with Crippen LogP contribution in [0.25, 0.3) is 0 Å². The Bertz CT molecular complexity index is 786. The summed E-state index contributed by atoms with van der Waals surface area (Å²) in [5.41, 5.74) is 2.95. The van der Waals surface area contributed by atoms with Gasteiger partial charge in [-0.3, -0.25) is 4.79 Å². The second kappa shape index (κ2) is 8.52. The Morgan fingerprint density at radius 1 is 1.27 bits per heavy atom. The van der Waals surface area contributed by atoms with Gasteiger partial charge in [-0.2, -0.15) is 4.57 Å². The van der Waals surface area contributed by atoms with Gasteiger partial charge in [0.15, 0.2) is 17.4 Å². The maximum absolute atomic E-state index is 13.3. The summed E-state index contributed by atoms with van der Waals surface area (Å²) in [5, 5.41) is 3.26. The van der Waals surface area contributed by atoms with Crippen molar-refractivity contribution < 1.29 is 14.1 Å². The van der Waals surface area contributed by atoms with Crippen molar-refractivity contribution in [2.75, 3.05) is 13.2 Å². The topological polar surface area (TPSA) is 42.2 Å². The molecule has 2 aromatic rings. The highest BCUT2D eigenvalue weighted by molar-refractivity contribution is 7.80. The molecule has 0 saturated carbocycles. The molecule has 1 aliphatic rings. The number of pyridine rings is 1. The summed E-state index contributed by atoms with van der Waals surface area (Å²) in [7, 11) is 0. The van der Waals surface area contributed by atoms with Gasteiger partial charge in [-0.1, -0.05) is 30.4 Å². The summed E-state index contributed by atoms with van der Waals surface area (Å²) >= 11 is 5.62. The Labute approximate surface area is 160 Å². The zero-order valence-corrected chi connectivity index (χ0v) is 16.1. The van der Waals surface area contributed by atoms with Crippen LogP contribution in [0.5, 0.6) is 0 Å². The molecule has 1 N–H and O–H groups in total. The van der Waals surface area contributed by atoms with E-state index < -0.39 is 6.04 Å². The highest BCUT2D eigenvalue weighted by Crippen LogP contribution is 2.16. The minimum atomic E-state index is -0.560. The largest absolute Gasteiger partial charge is 0.376 e. The van der Waals surface area contributed by atoms with Crippen molar-refractivity contribution >= 4 is 23.0 Å². The van der Waals surface area contributed by atoms with Crippen molar-refractivity contribution in [1.82, 2.24) is 5.32 Å². The summed E-state index contributed by atoms with van der Waals surface area (Å²) < 4.78 is 7.51. The number of ketones is 1. The van der Waals surface area contributed by atoms with Crippen molar-refractivity contribution in [3.05, 3.63) is 65.5 Å². The van der Waals surface area contributed by atoms with E-state index in [1.165, 1.54) is 5.56 Å². The van der Waals surface area contributed by atoms with Gasteiger partial charge in [-0.25, -0.2) is 0 Å². The quantitative estimate of drug-likeness (QED) is 0.483. The van der Waals surface area contributed by atoms with Crippen LogP contribution >= 0.6 is 12.2 Å². The number of hydrogen-bond donors (Lipinski definition) is 1. The summed E-state index contributed by atoms with van der Waals surface area (Å²) in [6, 6.07) is 11.0. The van der Waals surface area contributed by atoms with Gasteiger partial charge in [0.25, 0.3) is 6.04 Å². The molecular formula is C21H25N2O2S+. The van der Waals surface area contributed by atoms with Crippen molar-refractivity contribution in [3.63, 3.8) is 0 Å². The SMILES string of the molecule is Cc1ccc(C(=O)[C@@H](C(=S)NC[C@H]2CCCO2)[n+]2ccccc2)cc1C. The highest BCUT2D eigenvalue weighted by atomic mass is 32.1. The van der Waals surface area contributed by atoms with E-state index in [1.54, 1.807) is 0 Å². The maximum Gasteiger partial charge on any atom is 0.270 e. The molecule has 1 fully saturated rings. The molecule has 3 rings (SSSR count). The minimum Gasteiger partial charge on any atom is -0.376 e. The Kier molecular flexibility index (Phi) is 6.12. The third kappa shape index (κ3) is 4.34. The number of Topliss-reactive ketones (excluding diaryl/α,β-unsaturated/α-hetero) is 1. The first-order valence-corrected chi connectivity index (χ1v) is 9.43. The Balaban J connectivity index is 1.83. The van der Waals surface area contributed by atoms with Gasteiger partial charge in [0.1, 0.15) is 0 Å². The number of aromatic nitrogens is 1. The van der Waals surface area contributed by atoms with Crippen molar-refractivity contribution in [3.8, 4) is 0 Å². The summed E-state index contributed by atoms with van der Waals surface area (Å²) in [6.45, 7) is 5.51. The average Bonchev–Trinajstić information content (AvgIpc) is 3.17. The van der Waals surface area contributed by atoms with E-state index in [4.69, 9.17) is 17.0 Å². The number of nitrogens with zero attached hydrogens (tertiary/aromatic N) is 1. The third-order valence-electron chi connectivity index (χ3n) is 4.85. The van der Waals surface area contributed by atoms with Crippen LogP contribution in [0.15, 0.2) is 48.8 Å². The molecular weight excluding hydrogens is 344 g/mol. The summed E-state index contributed by atoms with van der Waals surface area (Å²) in [6.07, 6.45) is 6.04. The maximum atomic E-state index is 13.3. The lowest BCUT2D eigenvalue weighted by atomic mass is 9.99. The molecule has 1 aromatic heterocycles. The molecule has 1 aromatic carbocycles. The van der Waals surface area contributed by atoms with E-state index in [0.29, 0.717) is 17.1 Å². The fourth-order valence-electron chi connectivity index (χ4n) is 3.14. The van der Waals surface area contributed by atoms with Crippen LogP contribution in [-0.4, -0.2) is 30.0 Å². The van der Waals surface area contributed by atoms with Gasteiger partial charge in [-0.15, -0.1) is 0 Å². The van der Waals surface area contributed by atoms with E-state index in [2.05, 4.69) is 5.32 Å². The lowest BCUT2D eigenvalue weighted by Crippen LogP contribution is -2.52. The van der Waals surface area contributed by atoms with E-state index >= 15 is 0 Å². The van der Waals surface area contributed by atoms with Crippen molar-refractivity contribution in [1.29, 1.82) is 0 Å². The zero-order valence-electron chi connectivity index (χ0n) is 15.3. The Morgan fingerprint density at radius 3 is 2.69 bits per heavy atom. The van der Waals surface area contributed by atoms with E-state index in [9.17, 15) is 4.79 Å². The first kappa shape index (κ1) is 18.7. The lowest BCUT2D eigenvalue weighted by Gasteiger charge is -2.17. The molecule has 2 atom stereocenters. The molecule has 136 valence electrons. The van der Waals surface area contributed by atoms with Crippen LogP contribution in [0.1, 0.15) is 40.4 Å². The first-order valence-electron chi connectivity index (χ1n) is 9.03. The van der Waals surface area contributed by atoms with Crippen molar-refractivity contribution in [2.24, 2.45) is 0 Å². The number of benzene rings is 1. The Hall–Kier alpha value is -2.11. The molecule has 0 amide bonds. The number of thiocarbonyl (C=S) groups is 1. The van der Waals surface area contributed by atoms with E-state index in [-0.39, 0.29) is 11.9 Å². The molecule has 1 aliphatic heterocycles. The van der Waals surface area contributed by atoms with Crippen LogP contribution in [0.4, 0.5) is 0 Å². The number of carbonyl (C=O) groups is 1. The van der Waals surface area contributed by atoms with Gasteiger partial charge in [0, 0.05) is 30.8 Å². The smallest absolute Gasteiger partial charge is 0.270 e. The van der Waals surface area contributed by atoms with Crippen LogP contribution in [-0.2, 0) is 4.74 Å². The number of ether oxygens (including phenoxy) is 1. The molecule has 1 saturated heterocycles. The lowest BCUT2D eigenvalue weighted by molar-refractivity contribution is -0.692. The normalized spacial score (nSPS) is 17.7. The van der Waals surface area contributed by atoms with Gasteiger partial charge in [0.05, 0.1) is 6.10 Å². The predicted molar refractivity (Wildman–Crippen MR) is 105 cm³/mol. The molecule has 0 unspecified atom stereocenters. The van der Waals surface area contributed by atoms with Gasteiger partial charge >= 0.3 is 0 Å². The predicted octanol–water partition coefficient (Wildman–Crippen LogP) is 3.11. The van der Waals surface area contributed by atoms with E-state index in [0.717, 1.165) is 25.0 Å². The van der Waals surface area contributed by atoms with Gasteiger partial charge in [0.2, 0.25) is 5.78 Å². The highest BCUT2D eigenvalue weighted by Gasteiger charge is 2.33. The van der Waals surface area contributed by atoms with Crippen molar-refractivity contribution in [2.45, 2.75) is 38.8 Å². The number of carbonyl (C=O) groups excluding carboxylic acids is 1. The third-order valence-corrected chi connectivity index (χ3v) is 5.22. The fourth-order valence-corrected chi connectivity index (χ4v) is 3.46. The van der Waals surface area contributed by atoms with E-state index in [1.807, 2.05) is 67.2 Å². The molecule has 0 spiro atoms.